The molecule has 7 nitrogen and oxygen atoms in total. The van der Waals surface area contributed by atoms with Gasteiger partial charge in [0.25, 0.3) is 5.91 Å². The average molecular weight is 371 g/mol. The Morgan fingerprint density at radius 2 is 2.19 bits per heavy atom. The van der Waals surface area contributed by atoms with E-state index in [0.29, 0.717) is 31.5 Å². The highest BCUT2D eigenvalue weighted by atomic mass is 16.5. The van der Waals surface area contributed by atoms with Crippen LogP contribution >= 0.6 is 0 Å². The lowest BCUT2D eigenvalue weighted by Gasteiger charge is -2.32. The highest BCUT2D eigenvalue weighted by molar-refractivity contribution is 5.99. The van der Waals surface area contributed by atoms with Gasteiger partial charge in [-0.2, -0.15) is 0 Å². The summed E-state index contributed by atoms with van der Waals surface area (Å²) in [5.74, 6) is 0.570. The van der Waals surface area contributed by atoms with Gasteiger partial charge in [-0.25, -0.2) is 0 Å². The summed E-state index contributed by atoms with van der Waals surface area (Å²) in [4.78, 5) is 36.5. The average Bonchev–Trinajstić information content (AvgIpc) is 3.20. The molecule has 0 saturated carbocycles. The summed E-state index contributed by atoms with van der Waals surface area (Å²) in [7, 11) is 0. The van der Waals surface area contributed by atoms with E-state index in [1.165, 1.54) is 5.56 Å². The SMILES string of the molecule is CC(CCC(=O)NC=O)N1Cc2c(ccc3c2OCC32CCNCC2)C1=O. The molecule has 3 aliphatic rings. The van der Waals surface area contributed by atoms with Gasteiger partial charge in [0.2, 0.25) is 12.3 Å². The normalized spacial score (nSPS) is 20.8. The Hall–Kier alpha value is -2.41. The first-order valence-electron chi connectivity index (χ1n) is 9.59. The van der Waals surface area contributed by atoms with Crippen LogP contribution in [0.3, 0.4) is 0 Å². The lowest BCUT2D eigenvalue weighted by Crippen LogP contribution is -2.40. The van der Waals surface area contributed by atoms with Crippen molar-refractivity contribution in [3.8, 4) is 5.75 Å². The molecule has 144 valence electrons. The molecule has 3 heterocycles. The number of fused-ring (bicyclic) bond motifs is 4. The zero-order chi connectivity index (χ0) is 19.0. The number of hydrogen-bond acceptors (Lipinski definition) is 5. The number of imide groups is 1. The molecule has 0 radical (unpaired) electrons. The van der Waals surface area contributed by atoms with Crippen molar-refractivity contribution < 1.29 is 19.1 Å². The quantitative estimate of drug-likeness (QED) is 0.757. The minimum absolute atomic E-state index is 0.00837. The highest BCUT2D eigenvalue weighted by Gasteiger charge is 2.45. The van der Waals surface area contributed by atoms with E-state index in [9.17, 15) is 14.4 Å². The van der Waals surface area contributed by atoms with Gasteiger partial charge in [0, 0.05) is 34.6 Å². The van der Waals surface area contributed by atoms with Gasteiger partial charge in [-0.05, 0) is 45.3 Å². The largest absolute Gasteiger partial charge is 0.492 e. The van der Waals surface area contributed by atoms with Crippen LogP contribution in [0.5, 0.6) is 5.75 Å². The number of nitrogens with zero attached hydrogens (tertiary/aromatic N) is 1. The fourth-order valence-electron chi connectivity index (χ4n) is 4.56. The van der Waals surface area contributed by atoms with Crippen LogP contribution in [0.2, 0.25) is 0 Å². The topological polar surface area (TPSA) is 87.7 Å². The molecule has 1 saturated heterocycles. The molecule has 1 spiro atoms. The standard InChI is InChI=1S/C20H25N3O4/c1-13(2-5-17(25)22-12-24)23-10-15-14(19(23)26)3-4-16-18(15)27-11-20(16)6-8-21-9-7-20/h3-4,12-13,21H,2,5-11H2,1H3,(H,22,24,25). The molecule has 1 unspecified atom stereocenters. The number of carbonyl (C=O) groups is 3. The Bertz CT molecular complexity index is 786. The molecular weight excluding hydrogens is 346 g/mol. The molecule has 0 aromatic heterocycles. The van der Waals surface area contributed by atoms with Crippen LogP contribution in [-0.4, -0.2) is 48.9 Å². The molecule has 4 rings (SSSR count). The molecule has 1 aromatic rings. The Balaban J connectivity index is 1.53. The van der Waals surface area contributed by atoms with E-state index >= 15 is 0 Å². The first-order valence-corrected chi connectivity index (χ1v) is 9.59. The van der Waals surface area contributed by atoms with Crippen LogP contribution in [0.25, 0.3) is 0 Å². The number of carbonyl (C=O) groups excluding carboxylic acids is 3. The summed E-state index contributed by atoms with van der Waals surface area (Å²) >= 11 is 0. The van der Waals surface area contributed by atoms with E-state index in [0.717, 1.165) is 37.2 Å². The molecule has 1 fully saturated rings. The molecule has 1 atom stereocenters. The zero-order valence-corrected chi connectivity index (χ0v) is 15.5. The molecular formula is C20H25N3O4. The second-order valence-corrected chi connectivity index (χ2v) is 7.79. The van der Waals surface area contributed by atoms with E-state index in [-0.39, 0.29) is 29.7 Å². The van der Waals surface area contributed by atoms with Crippen molar-refractivity contribution in [3.05, 3.63) is 28.8 Å². The van der Waals surface area contributed by atoms with Crippen LogP contribution < -0.4 is 15.4 Å². The van der Waals surface area contributed by atoms with Gasteiger partial charge in [-0.1, -0.05) is 6.07 Å². The second-order valence-electron chi connectivity index (χ2n) is 7.79. The number of amides is 3. The fraction of sp³-hybridized carbons (Fsp3) is 0.550. The number of ether oxygens (including phenoxy) is 1. The van der Waals surface area contributed by atoms with Crippen LogP contribution in [0.4, 0.5) is 0 Å². The molecule has 27 heavy (non-hydrogen) atoms. The number of benzene rings is 1. The second kappa shape index (κ2) is 6.96. The monoisotopic (exact) mass is 371 g/mol. The predicted octanol–water partition coefficient (Wildman–Crippen LogP) is 1.10. The molecule has 0 aliphatic carbocycles. The Morgan fingerprint density at radius 3 is 2.93 bits per heavy atom. The van der Waals surface area contributed by atoms with E-state index in [1.54, 1.807) is 4.90 Å². The van der Waals surface area contributed by atoms with Crippen molar-refractivity contribution in [2.75, 3.05) is 19.7 Å². The van der Waals surface area contributed by atoms with Crippen molar-refractivity contribution in [3.63, 3.8) is 0 Å². The summed E-state index contributed by atoms with van der Waals surface area (Å²) in [6.45, 7) is 5.13. The van der Waals surface area contributed by atoms with Gasteiger partial charge >= 0.3 is 0 Å². The third-order valence-electron chi connectivity index (χ3n) is 6.25. The van der Waals surface area contributed by atoms with Crippen LogP contribution in [0.1, 0.15) is 54.1 Å². The minimum Gasteiger partial charge on any atom is -0.492 e. The smallest absolute Gasteiger partial charge is 0.254 e. The fourth-order valence-corrected chi connectivity index (χ4v) is 4.56. The number of rotatable bonds is 5. The van der Waals surface area contributed by atoms with Gasteiger partial charge < -0.3 is 15.0 Å². The number of nitrogens with one attached hydrogen (secondary N) is 2. The van der Waals surface area contributed by atoms with Crippen molar-refractivity contribution in [2.24, 2.45) is 0 Å². The number of hydrogen-bond donors (Lipinski definition) is 2. The molecule has 3 aliphatic heterocycles. The Kier molecular flexibility index (Phi) is 4.63. The van der Waals surface area contributed by atoms with Crippen molar-refractivity contribution in [1.29, 1.82) is 0 Å². The van der Waals surface area contributed by atoms with Gasteiger partial charge in [0.05, 0.1) is 13.2 Å². The minimum atomic E-state index is -0.321. The first-order chi connectivity index (χ1) is 13.1. The van der Waals surface area contributed by atoms with Gasteiger partial charge in [-0.15, -0.1) is 0 Å². The first kappa shape index (κ1) is 18.0. The summed E-state index contributed by atoms with van der Waals surface area (Å²) < 4.78 is 6.13. The van der Waals surface area contributed by atoms with E-state index in [4.69, 9.17) is 4.74 Å². The zero-order valence-electron chi connectivity index (χ0n) is 15.5. The molecule has 1 aromatic carbocycles. The molecule has 3 amide bonds. The predicted molar refractivity (Wildman–Crippen MR) is 98.5 cm³/mol. The highest BCUT2D eigenvalue weighted by Crippen LogP contribution is 2.48. The summed E-state index contributed by atoms with van der Waals surface area (Å²) in [6.07, 6.45) is 3.22. The maximum Gasteiger partial charge on any atom is 0.254 e. The Labute approximate surface area is 158 Å². The van der Waals surface area contributed by atoms with Crippen LogP contribution in [0, 0.1) is 0 Å². The third kappa shape index (κ3) is 3.00. The molecule has 0 bridgehead atoms. The summed E-state index contributed by atoms with van der Waals surface area (Å²) in [6, 6.07) is 3.93. The summed E-state index contributed by atoms with van der Waals surface area (Å²) in [5.41, 5.74) is 3.02. The van der Waals surface area contributed by atoms with Crippen LogP contribution in [-0.2, 0) is 21.5 Å². The van der Waals surface area contributed by atoms with Gasteiger partial charge in [0.15, 0.2) is 0 Å². The van der Waals surface area contributed by atoms with Crippen LogP contribution in [0.15, 0.2) is 12.1 Å². The third-order valence-corrected chi connectivity index (χ3v) is 6.25. The van der Waals surface area contributed by atoms with E-state index in [1.807, 2.05) is 13.0 Å². The number of piperidine rings is 1. The molecule has 2 N–H and O–H groups in total. The van der Waals surface area contributed by atoms with Crippen molar-refractivity contribution in [2.45, 2.75) is 50.6 Å². The van der Waals surface area contributed by atoms with Gasteiger partial charge in [0.1, 0.15) is 5.75 Å². The maximum absolute atomic E-state index is 12.9. The Morgan fingerprint density at radius 1 is 1.41 bits per heavy atom. The lowest BCUT2D eigenvalue weighted by molar-refractivity contribution is -0.125. The molecule has 7 heteroatoms. The summed E-state index contributed by atoms with van der Waals surface area (Å²) in [5, 5.41) is 5.55. The maximum atomic E-state index is 12.9. The van der Waals surface area contributed by atoms with E-state index in [2.05, 4.69) is 16.7 Å². The van der Waals surface area contributed by atoms with Crippen molar-refractivity contribution in [1.82, 2.24) is 15.5 Å². The van der Waals surface area contributed by atoms with Gasteiger partial charge in [-0.3, -0.25) is 19.7 Å². The van der Waals surface area contributed by atoms with Crippen molar-refractivity contribution >= 4 is 18.2 Å². The lowest BCUT2D eigenvalue weighted by atomic mass is 9.74. The van der Waals surface area contributed by atoms with E-state index < -0.39 is 0 Å².